The first-order chi connectivity index (χ1) is 9.21. The zero-order valence-electron chi connectivity index (χ0n) is 12.6. The van der Waals surface area contributed by atoms with Gasteiger partial charge in [-0.3, -0.25) is 0 Å². The lowest BCUT2D eigenvalue weighted by atomic mass is 9.77. The summed E-state index contributed by atoms with van der Waals surface area (Å²) >= 11 is 0. The van der Waals surface area contributed by atoms with Gasteiger partial charge in [0.1, 0.15) is 11.2 Å². The van der Waals surface area contributed by atoms with E-state index in [4.69, 9.17) is 15.2 Å². The maximum absolute atomic E-state index is 11.9. The maximum atomic E-state index is 11.9. The minimum Gasteiger partial charge on any atom is -0.444 e. The zero-order valence-corrected chi connectivity index (χ0v) is 12.6. The molecule has 6 nitrogen and oxygen atoms in total. The summed E-state index contributed by atoms with van der Waals surface area (Å²) in [5.74, 6) is 0.259. The Morgan fingerprint density at radius 3 is 2.45 bits per heavy atom. The van der Waals surface area contributed by atoms with Crippen molar-refractivity contribution in [2.75, 3.05) is 26.3 Å². The topological polar surface area (TPSA) is 85.0 Å². The Morgan fingerprint density at radius 1 is 1.40 bits per heavy atom. The second kappa shape index (κ2) is 5.50. The SMILES string of the molecule is CC(C)(C)OC(=O)N1CC(O)(C(N)C2CCOCC2)C1. The van der Waals surface area contributed by atoms with E-state index in [0.29, 0.717) is 13.2 Å². The Bertz CT molecular complexity index is 355. The van der Waals surface area contributed by atoms with Crippen molar-refractivity contribution in [1.82, 2.24) is 4.90 Å². The molecule has 0 saturated carbocycles. The third kappa shape index (κ3) is 3.42. The highest BCUT2D eigenvalue weighted by Crippen LogP contribution is 2.32. The van der Waals surface area contributed by atoms with Crippen molar-refractivity contribution in [3.63, 3.8) is 0 Å². The summed E-state index contributed by atoms with van der Waals surface area (Å²) < 4.78 is 10.6. The van der Waals surface area contributed by atoms with Crippen molar-refractivity contribution >= 4 is 6.09 Å². The molecule has 2 heterocycles. The van der Waals surface area contributed by atoms with E-state index in [1.54, 1.807) is 0 Å². The van der Waals surface area contributed by atoms with Crippen molar-refractivity contribution in [3.8, 4) is 0 Å². The van der Waals surface area contributed by atoms with Crippen LogP contribution in [0.5, 0.6) is 0 Å². The Kier molecular flexibility index (Phi) is 4.27. The van der Waals surface area contributed by atoms with E-state index in [-0.39, 0.29) is 31.1 Å². The molecule has 1 unspecified atom stereocenters. The summed E-state index contributed by atoms with van der Waals surface area (Å²) in [6.45, 7) is 7.37. The molecule has 0 aromatic rings. The van der Waals surface area contributed by atoms with Crippen LogP contribution in [0.15, 0.2) is 0 Å². The number of aliphatic hydroxyl groups is 1. The second-order valence-electron chi connectivity index (χ2n) is 6.92. The Labute approximate surface area is 120 Å². The van der Waals surface area contributed by atoms with Gasteiger partial charge in [-0.25, -0.2) is 4.79 Å². The fourth-order valence-electron chi connectivity index (χ4n) is 2.79. The summed E-state index contributed by atoms with van der Waals surface area (Å²) in [5, 5.41) is 10.5. The first-order valence-corrected chi connectivity index (χ1v) is 7.25. The number of carbonyl (C=O) groups excluding carboxylic acids is 1. The monoisotopic (exact) mass is 286 g/mol. The lowest BCUT2D eigenvalue weighted by Crippen LogP contribution is -2.72. The van der Waals surface area contributed by atoms with Gasteiger partial charge in [-0.2, -0.15) is 0 Å². The third-order valence-corrected chi connectivity index (χ3v) is 3.98. The molecule has 116 valence electrons. The smallest absolute Gasteiger partial charge is 0.410 e. The molecule has 2 fully saturated rings. The van der Waals surface area contributed by atoms with Gasteiger partial charge in [0.2, 0.25) is 0 Å². The van der Waals surface area contributed by atoms with Crippen molar-refractivity contribution in [2.24, 2.45) is 11.7 Å². The average Bonchev–Trinajstić information content (AvgIpc) is 2.33. The molecule has 0 radical (unpaired) electrons. The zero-order chi connectivity index (χ0) is 15.0. The Morgan fingerprint density at radius 2 is 1.95 bits per heavy atom. The fourth-order valence-corrected chi connectivity index (χ4v) is 2.79. The molecule has 2 aliphatic rings. The van der Waals surface area contributed by atoms with Crippen LogP contribution in [-0.4, -0.2) is 59.6 Å². The van der Waals surface area contributed by atoms with Crippen LogP contribution < -0.4 is 5.73 Å². The van der Waals surface area contributed by atoms with Gasteiger partial charge in [0.05, 0.1) is 13.1 Å². The van der Waals surface area contributed by atoms with Crippen molar-refractivity contribution in [2.45, 2.75) is 50.9 Å². The van der Waals surface area contributed by atoms with Gasteiger partial charge in [0.25, 0.3) is 0 Å². The van der Waals surface area contributed by atoms with Gasteiger partial charge in [-0.15, -0.1) is 0 Å². The quantitative estimate of drug-likeness (QED) is 0.781. The van der Waals surface area contributed by atoms with E-state index in [0.717, 1.165) is 12.8 Å². The first-order valence-electron chi connectivity index (χ1n) is 7.25. The number of nitrogens with two attached hydrogens (primary N) is 1. The number of amides is 1. The summed E-state index contributed by atoms with van der Waals surface area (Å²) in [6.07, 6.45) is 1.35. The Balaban J connectivity index is 1.85. The average molecular weight is 286 g/mol. The summed E-state index contributed by atoms with van der Waals surface area (Å²) in [6, 6.07) is -0.315. The van der Waals surface area contributed by atoms with Gasteiger partial charge in [0.15, 0.2) is 0 Å². The van der Waals surface area contributed by atoms with Gasteiger partial charge in [-0.05, 0) is 39.5 Å². The van der Waals surface area contributed by atoms with Gasteiger partial charge < -0.3 is 25.2 Å². The van der Waals surface area contributed by atoms with E-state index in [1.165, 1.54) is 4.90 Å². The van der Waals surface area contributed by atoms with Crippen molar-refractivity contribution in [1.29, 1.82) is 0 Å². The molecule has 0 bridgehead atoms. The van der Waals surface area contributed by atoms with E-state index in [2.05, 4.69) is 0 Å². The number of likely N-dealkylation sites (tertiary alicyclic amines) is 1. The molecule has 1 atom stereocenters. The number of nitrogens with zero attached hydrogens (tertiary/aromatic N) is 1. The third-order valence-electron chi connectivity index (χ3n) is 3.98. The molecule has 2 aliphatic heterocycles. The highest BCUT2D eigenvalue weighted by atomic mass is 16.6. The van der Waals surface area contributed by atoms with Crippen LogP contribution in [0.4, 0.5) is 4.79 Å². The minimum atomic E-state index is -0.987. The van der Waals surface area contributed by atoms with E-state index < -0.39 is 11.2 Å². The standard InChI is InChI=1S/C14H26N2O4/c1-13(2,3)20-12(17)16-8-14(18,9-16)11(15)10-4-6-19-7-5-10/h10-11,18H,4-9,15H2,1-3H3. The van der Waals surface area contributed by atoms with E-state index in [9.17, 15) is 9.90 Å². The normalized spacial score (nSPS) is 24.9. The summed E-state index contributed by atoms with van der Waals surface area (Å²) in [4.78, 5) is 13.4. The van der Waals surface area contributed by atoms with Crippen LogP contribution in [-0.2, 0) is 9.47 Å². The summed E-state index contributed by atoms with van der Waals surface area (Å²) in [7, 11) is 0. The molecule has 0 aromatic carbocycles. The molecular formula is C14H26N2O4. The number of rotatable bonds is 2. The molecule has 2 saturated heterocycles. The largest absolute Gasteiger partial charge is 0.444 e. The van der Waals surface area contributed by atoms with Crippen LogP contribution in [0.2, 0.25) is 0 Å². The molecule has 20 heavy (non-hydrogen) atoms. The van der Waals surface area contributed by atoms with Crippen LogP contribution in [0.3, 0.4) is 0 Å². The van der Waals surface area contributed by atoms with Gasteiger partial charge in [0, 0.05) is 19.3 Å². The number of β-amino-alcohol motifs (C(OH)–C–C–N with tert-alkyl or cyclic N) is 1. The predicted molar refractivity (Wildman–Crippen MR) is 74.3 cm³/mol. The molecule has 0 aromatic heterocycles. The number of carbonyl (C=O) groups is 1. The van der Waals surface area contributed by atoms with Gasteiger partial charge in [-0.1, -0.05) is 0 Å². The lowest BCUT2D eigenvalue weighted by molar-refractivity contribution is -0.127. The van der Waals surface area contributed by atoms with Crippen molar-refractivity contribution in [3.05, 3.63) is 0 Å². The Hall–Kier alpha value is -0.850. The van der Waals surface area contributed by atoms with Crippen LogP contribution in [0, 0.1) is 5.92 Å². The molecule has 3 N–H and O–H groups in total. The molecule has 0 spiro atoms. The van der Waals surface area contributed by atoms with Crippen LogP contribution in [0.1, 0.15) is 33.6 Å². The fraction of sp³-hybridized carbons (Fsp3) is 0.929. The highest BCUT2D eigenvalue weighted by molar-refractivity contribution is 5.69. The highest BCUT2D eigenvalue weighted by Gasteiger charge is 2.51. The molecule has 1 amide bonds. The predicted octanol–water partition coefficient (Wildman–Crippen LogP) is 0.722. The minimum absolute atomic E-state index is 0.250. The maximum Gasteiger partial charge on any atom is 0.410 e. The number of hydrogen-bond donors (Lipinski definition) is 2. The van der Waals surface area contributed by atoms with Crippen LogP contribution >= 0.6 is 0 Å². The van der Waals surface area contributed by atoms with Crippen LogP contribution in [0.25, 0.3) is 0 Å². The second-order valence-corrected chi connectivity index (χ2v) is 6.92. The first kappa shape index (κ1) is 15.5. The molecule has 6 heteroatoms. The van der Waals surface area contributed by atoms with Crippen molar-refractivity contribution < 1.29 is 19.4 Å². The van der Waals surface area contributed by atoms with E-state index >= 15 is 0 Å². The molecule has 0 aliphatic carbocycles. The lowest BCUT2D eigenvalue weighted by Gasteiger charge is -2.51. The van der Waals surface area contributed by atoms with E-state index in [1.807, 2.05) is 20.8 Å². The summed E-state index contributed by atoms with van der Waals surface area (Å²) in [5.41, 5.74) is 4.69. The number of ether oxygens (including phenoxy) is 2. The molecular weight excluding hydrogens is 260 g/mol. The number of hydrogen-bond acceptors (Lipinski definition) is 5. The van der Waals surface area contributed by atoms with Gasteiger partial charge >= 0.3 is 6.09 Å². The molecule has 2 rings (SSSR count).